The average Bonchev–Trinajstić information content (AvgIpc) is 2.43. The van der Waals surface area contributed by atoms with E-state index in [0.717, 1.165) is 26.6 Å². The molecule has 0 spiro atoms. The maximum atomic E-state index is 13.7. The Labute approximate surface area is 141 Å². The normalized spacial score (nSPS) is 12.2. The van der Waals surface area contributed by atoms with Crippen LogP contribution in [0.3, 0.4) is 0 Å². The highest BCUT2D eigenvalue weighted by atomic mass is 79.9. The molecule has 21 heavy (non-hydrogen) atoms. The zero-order valence-corrected chi connectivity index (χ0v) is 15.0. The average molecular weight is 417 g/mol. The minimum Gasteiger partial charge on any atom is -0.496 e. The molecule has 0 aromatic heterocycles. The minimum absolute atomic E-state index is 0.144. The minimum atomic E-state index is -0.275. The van der Waals surface area contributed by atoms with Crippen LogP contribution in [0.25, 0.3) is 0 Å². The van der Waals surface area contributed by atoms with Gasteiger partial charge in [0.05, 0.1) is 13.2 Å². The summed E-state index contributed by atoms with van der Waals surface area (Å²) >= 11 is 6.98. The van der Waals surface area contributed by atoms with E-state index < -0.39 is 0 Å². The Hall–Kier alpha value is -0.910. The van der Waals surface area contributed by atoms with Gasteiger partial charge in [-0.2, -0.15) is 0 Å². The summed E-state index contributed by atoms with van der Waals surface area (Å²) in [5.74, 6) is 0.390. The third-order valence-electron chi connectivity index (χ3n) is 3.13. The molecule has 0 radical (unpaired) electrons. The SMILES string of the molecule is CCNC(c1cc(Br)cc(Br)c1)c1cc(F)ccc1OC. The maximum Gasteiger partial charge on any atom is 0.124 e. The van der Waals surface area contributed by atoms with Gasteiger partial charge >= 0.3 is 0 Å². The van der Waals surface area contributed by atoms with Crippen LogP contribution in [0.15, 0.2) is 45.3 Å². The Morgan fingerprint density at radius 3 is 2.38 bits per heavy atom. The van der Waals surface area contributed by atoms with Gasteiger partial charge in [0.1, 0.15) is 11.6 Å². The summed E-state index contributed by atoms with van der Waals surface area (Å²) < 4.78 is 21.0. The van der Waals surface area contributed by atoms with Crippen molar-refractivity contribution in [1.82, 2.24) is 5.32 Å². The first kappa shape index (κ1) is 16.5. The van der Waals surface area contributed by atoms with Crippen LogP contribution in [0.4, 0.5) is 4.39 Å². The van der Waals surface area contributed by atoms with Crippen LogP contribution in [-0.4, -0.2) is 13.7 Å². The molecule has 0 saturated carbocycles. The van der Waals surface area contributed by atoms with Gasteiger partial charge in [0.15, 0.2) is 0 Å². The Morgan fingerprint density at radius 2 is 1.81 bits per heavy atom. The molecule has 0 heterocycles. The van der Waals surface area contributed by atoms with Gasteiger partial charge in [-0.05, 0) is 48.5 Å². The van der Waals surface area contributed by atoms with Crippen molar-refractivity contribution in [3.8, 4) is 5.75 Å². The van der Waals surface area contributed by atoms with Crippen LogP contribution >= 0.6 is 31.9 Å². The molecule has 2 aromatic rings. The van der Waals surface area contributed by atoms with E-state index >= 15 is 0 Å². The van der Waals surface area contributed by atoms with E-state index in [2.05, 4.69) is 37.2 Å². The highest BCUT2D eigenvalue weighted by Gasteiger charge is 2.19. The fraction of sp³-hybridized carbons (Fsp3) is 0.250. The second kappa shape index (κ2) is 7.38. The van der Waals surface area contributed by atoms with Crippen LogP contribution < -0.4 is 10.1 Å². The first-order chi connectivity index (χ1) is 10.0. The Kier molecular flexibility index (Phi) is 5.79. The highest BCUT2D eigenvalue weighted by Crippen LogP contribution is 2.33. The lowest BCUT2D eigenvalue weighted by Gasteiger charge is -2.22. The number of nitrogens with one attached hydrogen (secondary N) is 1. The lowest BCUT2D eigenvalue weighted by Crippen LogP contribution is -2.22. The zero-order valence-electron chi connectivity index (χ0n) is 11.8. The standard InChI is InChI=1S/C16H16Br2FNO/c1-3-20-16(10-6-11(17)8-12(18)7-10)14-9-13(19)4-5-15(14)21-2/h4-9,16,20H,3H2,1-2H3. The third kappa shape index (κ3) is 4.05. The van der Waals surface area contributed by atoms with E-state index in [0.29, 0.717) is 5.75 Å². The van der Waals surface area contributed by atoms with Crippen molar-refractivity contribution in [3.63, 3.8) is 0 Å². The molecule has 2 aromatic carbocycles. The molecule has 1 N–H and O–H groups in total. The first-order valence-electron chi connectivity index (χ1n) is 6.58. The molecular formula is C16H16Br2FNO. The molecule has 0 amide bonds. The molecule has 2 rings (SSSR count). The van der Waals surface area contributed by atoms with Crippen molar-refractivity contribution >= 4 is 31.9 Å². The molecule has 1 unspecified atom stereocenters. The lowest BCUT2D eigenvalue weighted by molar-refractivity contribution is 0.402. The summed E-state index contributed by atoms with van der Waals surface area (Å²) in [5, 5.41) is 3.38. The number of benzene rings is 2. The van der Waals surface area contributed by atoms with E-state index in [1.165, 1.54) is 12.1 Å². The maximum absolute atomic E-state index is 13.7. The van der Waals surface area contributed by atoms with Crippen molar-refractivity contribution in [3.05, 3.63) is 62.3 Å². The molecule has 2 nitrogen and oxygen atoms in total. The number of hydrogen-bond acceptors (Lipinski definition) is 2. The summed E-state index contributed by atoms with van der Waals surface area (Å²) in [7, 11) is 1.59. The van der Waals surface area contributed by atoms with E-state index in [4.69, 9.17) is 4.74 Å². The molecule has 0 saturated heterocycles. The van der Waals surface area contributed by atoms with E-state index in [1.807, 2.05) is 25.1 Å². The summed E-state index contributed by atoms with van der Waals surface area (Å²) in [5.41, 5.74) is 1.81. The third-order valence-corrected chi connectivity index (χ3v) is 4.04. The molecule has 0 fully saturated rings. The number of rotatable bonds is 5. The molecular weight excluding hydrogens is 401 g/mol. The molecule has 0 aliphatic rings. The summed E-state index contributed by atoms with van der Waals surface area (Å²) in [6.07, 6.45) is 0. The molecule has 0 aliphatic heterocycles. The van der Waals surface area contributed by atoms with Gasteiger partial charge < -0.3 is 10.1 Å². The van der Waals surface area contributed by atoms with E-state index in [-0.39, 0.29) is 11.9 Å². The van der Waals surface area contributed by atoms with Gasteiger partial charge in [-0.1, -0.05) is 38.8 Å². The monoisotopic (exact) mass is 415 g/mol. The second-order valence-electron chi connectivity index (χ2n) is 4.58. The van der Waals surface area contributed by atoms with Crippen molar-refractivity contribution < 1.29 is 9.13 Å². The summed E-state index contributed by atoms with van der Waals surface area (Å²) in [6.45, 7) is 2.78. The number of ether oxygens (including phenoxy) is 1. The van der Waals surface area contributed by atoms with Gasteiger partial charge in [-0.25, -0.2) is 4.39 Å². The number of methoxy groups -OCH3 is 1. The molecule has 112 valence electrons. The van der Waals surface area contributed by atoms with E-state index in [9.17, 15) is 4.39 Å². The predicted molar refractivity (Wildman–Crippen MR) is 90.3 cm³/mol. The first-order valence-corrected chi connectivity index (χ1v) is 8.16. The van der Waals surface area contributed by atoms with Crippen LogP contribution in [0, 0.1) is 5.82 Å². The van der Waals surface area contributed by atoms with Gasteiger partial charge in [0, 0.05) is 14.5 Å². The topological polar surface area (TPSA) is 21.3 Å². The van der Waals surface area contributed by atoms with Crippen LogP contribution in [0.5, 0.6) is 5.75 Å². The van der Waals surface area contributed by atoms with Gasteiger partial charge in [-0.15, -0.1) is 0 Å². The summed E-state index contributed by atoms with van der Waals surface area (Å²) in [6, 6.07) is 10.4. The highest BCUT2D eigenvalue weighted by molar-refractivity contribution is 9.11. The second-order valence-corrected chi connectivity index (χ2v) is 6.41. The largest absolute Gasteiger partial charge is 0.496 e. The fourth-order valence-electron chi connectivity index (χ4n) is 2.28. The van der Waals surface area contributed by atoms with E-state index in [1.54, 1.807) is 13.2 Å². The van der Waals surface area contributed by atoms with Gasteiger partial charge in [-0.3, -0.25) is 0 Å². The quantitative estimate of drug-likeness (QED) is 0.735. The van der Waals surface area contributed by atoms with Gasteiger partial charge in [0.25, 0.3) is 0 Å². The number of halogens is 3. The van der Waals surface area contributed by atoms with Crippen molar-refractivity contribution in [2.45, 2.75) is 13.0 Å². The summed E-state index contributed by atoms with van der Waals surface area (Å²) in [4.78, 5) is 0. The zero-order chi connectivity index (χ0) is 15.4. The van der Waals surface area contributed by atoms with Crippen LogP contribution in [0.2, 0.25) is 0 Å². The predicted octanol–water partition coefficient (Wildman–Crippen LogP) is 5.06. The Balaban J connectivity index is 2.55. The van der Waals surface area contributed by atoms with Gasteiger partial charge in [0.2, 0.25) is 0 Å². The molecule has 5 heteroatoms. The van der Waals surface area contributed by atoms with Crippen molar-refractivity contribution in [2.24, 2.45) is 0 Å². The van der Waals surface area contributed by atoms with Crippen molar-refractivity contribution in [1.29, 1.82) is 0 Å². The molecule has 0 bridgehead atoms. The van der Waals surface area contributed by atoms with Crippen LogP contribution in [0.1, 0.15) is 24.1 Å². The Bertz CT molecular complexity index is 613. The van der Waals surface area contributed by atoms with Crippen LogP contribution in [-0.2, 0) is 0 Å². The molecule has 1 atom stereocenters. The molecule has 0 aliphatic carbocycles. The number of hydrogen-bond donors (Lipinski definition) is 1. The Morgan fingerprint density at radius 1 is 1.14 bits per heavy atom. The van der Waals surface area contributed by atoms with Crippen molar-refractivity contribution in [2.75, 3.05) is 13.7 Å². The fourth-order valence-corrected chi connectivity index (χ4v) is 3.61. The smallest absolute Gasteiger partial charge is 0.124 e. The lowest BCUT2D eigenvalue weighted by atomic mass is 9.97.